The highest BCUT2D eigenvalue weighted by molar-refractivity contribution is 6.31. The van der Waals surface area contributed by atoms with Gasteiger partial charge in [-0.3, -0.25) is 4.79 Å². The number of rotatable bonds is 4. The van der Waals surface area contributed by atoms with E-state index in [0.29, 0.717) is 21.6 Å². The molecule has 7 heteroatoms. The van der Waals surface area contributed by atoms with Gasteiger partial charge in [-0.15, -0.1) is 5.10 Å². The summed E-state index contributed by atoms with van der Waals surface area (Å²) < 4.78 is 1.70. The first-order valence-electron chi connectivity index (χ1n) is 9.70. The first-order chi connectivity index (χ1) is 14.8. The molecule has 0 radical (unpaired) electrons. The number of nitrogens with zero attached hydrogens (tertiary/aromatic N) is 3. The van der Waals surface area contributed by atoms with Crippen LogP contribution in [0, 0.1) is 20.8 Å². The van der Waals surface area contributed by atoms with Crippen molar-refractivity contribution in [2.75, 3.05) is 5.32 Å². The number of hydrogen-bond acceptors (Lipinski definition) is 3. The second-order valence-corrected chi connectivity index (χ2v) is 8.16. The van der Waals surface area contributed by atoms with Gasteiger partial charge in [-0.25, -0.2) is 9.67 Å². The number of carbonyl (C=O) groups excluding carboxylic acids is 1. The molecular weight excluding hydrogens is 431 g/mol. The van der Waals surface area contributed by atoms with Gasteiger partial charge in [-0.05, 0) is 79.9 Å². The van der Waals surface area contributed by atoms with E-state index in [1.165, 1.54) is 0 Å². The second-order valence-electron chi connectivity index (χ2n) is 7.31. The van der Waals surface area contributed by atoms with E-state index >= 15 is 0 Å². The maximum atomic E-state index is 12.9. The number of halogens is 2. The molecule has 0 unspecified atom stereocenters. The van der Waals surface area contributed by atoms with Crippen LogP contribution in [-0.2, 0) is 0 Å². The average molecular weight is 451 g/mol. The highest BCUT2D eigenvalue weighted by atomic mass is 35.5. The van der Waals surface area contributed by atoms with Gasteiger partial charge in [0.2, 0.25) is 5.82 Å². The van der Waals surface area contributed by atoms with Gasteiger partial charge in [0.1, 0.15) is 0 Å². The fourth-order valence-electron chi connectivity index (χ4n) is 3.18. The zero-order valence-corrected chi connectivity index (χ0v) is 18.8. The molecule has 0 saturated carbocycles. The number of carbonyl (C=O) groups is 1. The van der Waals surface area contributed by atoms with Crippen LogP contribution in [0.3, 0.4) is 0 Å². The van der Waals surface area contributed by atoms with Crippen molar-refractivity contribution in [1.29, 1.82) is 0 Å². The Labute approximate surface area is 190 Å². The monoisotopic (exact) mass is 450 g/mol. The van der Waals surface area contributed by atoms with Crippen LogP contribution in [0.4, 0.5) is 5.69 Å². The molecule has 0 spiro atoms. The molecule has 1 aromatic heterocycles. The van der Waals surface area contributed by atoms with Crippen molar-refractivity contribution in [3.63, 3.8) is 0 Å². The molecule has 4 aromatic rings. The normalized spacial score (nSPS) is 10.9. The molecule has 0 atom stereocenters. The Hall–Kier alpha value is -3.15. The number of hydrogen-bond donors (Lipinski definition) is 1. The standard InChI is InChI=1S/C24H20Cl2N4O/c1-14-5-4-6-21(16(14)3)30-23(17-8-10-18(25)11-9-17)28-22(29-30)24(31)27-19-12-7-15(2)20(26)13-19/h4-13H,1-3H3,(H,27,31). The van der Waals surface area contributed by atoms with E-state index in [0.717, 1.165) is 27.9 Å². The van der Waals surface area contributed by atoms with Crippen molar-refractivity contribution in [2.45, 2.75) is 20.8 Å². The van der Waals surface area contributed by atoms with Crippen molar-refractivity contribution >= 4 is 34.8 Å². The van der Waals surface area contributed by atoms with Crippen LogP contribution in [0.1, 0.15) is 27.3 Å². The minimum Gasteiger partial charge on any atom is -0.319 e. The van der Waals surface area contributed by atoms with E-state index in [-0.39, 0.29) is 5.82 Å². The SMILES string of the molecule is Cc1ccc(NC(=O)c2nc(-c3ccc(Cl)cc3)n(-c3cccc(C)c3C)n2)cc1Cl. The Kier molecular flexibility index (Phi) is 5.81. The third kappa shape index (κ3) is 4.33. The molecule has 5 nitrogen and oxygen atoms in total. The maximum Gasteiger partial charge on any atom is 0.295 e. The van der Waals surface area contributed by atoms with Crippen LogP contribution < -0.4 is 5.32 Å². The fourth-order valence-corrected chi connectivity index (χ4v) is 3.49. The second kappa shape index (κ2) is 8.53. The lowest BCUT2D eigenvalue weighted by molar-refractivity contribution is 0.101. The Morgan fingerprint density at radius 1 is 0.935 bits per heavy atom. The lowest BCUT2D eigenvalue weighted by Gasteiger charge is -2.11. The van der Waals surface area contributed by atoms with Crippen LogP contribution in [0.15, 0.2) is 60.7 Å². The molecule has 1 amide bonds. The first-order valence-corrected chi connectivity index (χ1v) is 10.5. The zero-order chi connectivity index (χ0) is 22.1. The minimum absolute atomic E-state index is 0.0579. The van der Waals surface area contributed by atoms with Crippen LogP contribution in [0.25, 0.3) is 17.1 Å². The Morgan fingerprint density at radius 2 is 1.68 bits per heavy atom. The molecule has 0 aliphatic heterocycles. The van der Waals surface area contributed by atoms with E-state index in [4.69, 9.17) is 23.2 Å². The largest absolute Gasteiger partial charge is 0.319 e. The Morgan fingerprint density at radius 3 is 2.39 bits per heavy atom. The number of benzene rings is 3. The van der Waals surface area contributed by atoms with Gasteiger partial charge in [0.25, 0.3) is 5.91 Å². The molecule has 31 heavy (non-hydrogen) atoms. The summed E-state index contributed by atoms with van der Waals surface area (Å²) in [5.41, 5.74) is 5.35. The van der Waals surface area contributed by atoms with Crippen molar-refractivity contribution in [3.05, 3.63) is 93.2 Å². The van der Waals surface area contributed by atoms with Gasteiger partial charge >= 0.3 is 0 Å². The smallest absolute Gasteiger partial charge is 0.295 e. The lowest BCUT2D eigenvalue weighted by Crippen LogP contribution is -2.14. The lowest BCUT2D eigenvalue weighted by atomic mass is 10.1. The van der Waals surface area contributed by atoms with Crippen molar-refractivity contribution < 1.29 is 4.79 Å². The molecular formula is C24H20Cl2N4O. The summed E-state index contributed by atoms with van der Waals surface area (Å²) in [6.07, 6.45) is 0. The summed E-state index contributed by atoms with van der Waals surface area (Å²) in [6, 6.07) is 18.6. The number of aromatic nitrogens is 3. The Balaban J connectivity index is 1.79. The van der Waals surface area contributed by atoms with Crippen LogP contribution >= 0.6 is 23.2 Å². The quantitative estimate of drug-likeness (QED) is 0.390. The van der Waals surface area contributed by atoms with E-state index < -0.39 is 5.91 Å². The van der Waals surface area contributed by atoms with Crippen LogP contribution in [0.2, 0.25) is 10.0 Å². The summed E-state index contributed by atoms with van der Waals surface area (Å²) in [4.78, 5) is 17.5. The van der Waals surface area contributed by atoms with Gasteiger partial charge in [0, 0.05) is 21.3 Å². The maximum absolute atomic E-state index is 12.9. The summed E-state index contributed by atoms with van der Waals surface area (Å²) >= 11 is 12.2. The molecule has 0 bridgehead atoms. The highest BCUT2D eigenvalue weighted by Crippen LogP contribution is 2.26. The summed E-state index contributed by atoms with van der Waals surface area (Å²) in [7, 11) is 0. The number of nitrogens with one attached hydrogen (secondary N) is 1. The van der Waals surface area contributed by atoms with Gasteiger partial charge < -0.3 is 5.32 Å². The topological polar surface area (TPSA) is 59.8 Å². The van der Waals surface area contributed by atoms with Gasteiger partial charge in [0.15, 0.2) is 5.82 Å². The molecule has 156 valence electrons. The third-order valence-corrected chi connectivity index (χ3v) is 5.81. The molecule has 3 aromatic carbocycles. The predicted octanol–water partition coefficient (Wildman–Crippen LogP) is 6.42. The summed E-state index contributed by atoms with van der Waals surface area (Å²) in [5, 5.41) is 8.57. The van der Waals surface area contributed by atoms with E-state index in [1.807, 2.05) is 57.2 Å². The zero-order valence-electron chi connectivity index (χ0n) is 17.3. The molecule has 0 fully saturated rings. The molecule has 1 N–H and O–H groups in total. The van der Waals surface area contributed by atoms with Gasteiger partial charge in [-0.2, -0.15) is 0 Å². The predicted molar refractivity (Wildman–Crippen MR) is 125 cm³/mol. The molecule has 4 rings (SSSR count). The molecule has 0 aliphatic carbocycles. The van der Waals surface area contributed by atoms with Gasteiger partial charge in [-0.1, -0.05) is 41.4 Å². The molecule has 1 heterocycles. The van der Waals surface area contributed by atoms with Crippen molar-refractivity contribution in [1.82, 2.24) is 14.8 Å². The van der Waals surface area contributed by atoms with E-state index in [9.17, 15) is 4.79 Å². The first kappa shape index (κ1) is 21.1. The van der Waals surface area contributed by atoms with Crippen molar-refractivity contribution in [2.24, 2.45) is 0 Å². The van der Waals surface area contributed by atoms with E-state index in [2.05, 4.69) is 15.4 Å². The Bertz CT molecular complexity index is 1280. The summed E-state index contributed by atoms with van der Waals surface area (Å²) in [6.45, 7) is 5.96. The van der Waals surface area contributed by atoms with Gasteiger partial charge in [0.05, 0.1) is 5.69 Å². The fraction of sp³-hybridized carbons (Fsp3) is 0.125. The molecule has 0 saturated heterocycles. The number of anilines is 1. The third-order valence-electron chi connectivity index (χ3n) is 5.15. The van der Waals surface area contributed by atoms with Crippen LogP contribution in [-0.4, -0.2) is 20.7 Å². The van der Waals surface area contributed by atoms with E-state index in [1.54, 1.807) is 28.9 Å². The number of aryl methyl sites for hydroxylation is 2. The minimum atomic E-state index is -0.417. The average Bonchev–Trinajstić information content (AvgIpc) is 3.18. The molecule has 0 aliphatic rings. The summed E-state index contributed by atoms with van der Waals surface area (Å²) in [5.74, 6) is 0.194. The van der Waals surface area contributed by atoms with Crippen molar-refractivity contribution in [3.8, 4) is 17.1 Å². The highest BCUT2D eigenvalue weighted by Gasteiger charge is 2.20. The number of amides is 1. The van der Waals surface area contributed by atoms with Crippen LogP contribution in [0.5, 0.6) is 0 Å².